The zero-order valence-corrected chi connectivity index (χ0v) is 19.3. The Morgan fingerprint density at radius 2 is 2.10 bits per heavy atom. The number of methoxy groups -OCH3 is 1. The van der Waals surface area contributed by atoms with Gasteiger partial charge in [0, 0.05) is 19.5 Å². The van der Waals surface area contributed by atoms with Gasteiger partial charge in [0.1, 0.15) is 5.75 Å². The molecule has 0 amide bonds. The van der Waals surface area contributed by atoms with Gasteiger partial charge in [0.2, 0.25) is 0 Å². The largest absolute Gasteiger partial charge is 0.497 e. The Balaban J connectivity index is 1.80. The van der Waals surface area contributed by atoms with Crippen LogP contribution in [0.5, 0.6) is 5.75 Å². The second-order valence-corrected chi connectivity index (χ2v) is 9.47. The molecule has 7 heteroatoms. The molecule has 2 aliphatic rings. The van der Waals surface area contributed by atoms with E-state index in [0.717, 1.165) is 54.2 Å². The number of aromatic nitrogens is 2. The number of fused-ring (bicyclic) bond motifs is 1. The average molecular weight is 439 g/mol. The maximum Gasteiger partial charge on any atom is 0.169 e. The number of hydrogen-bond donors (Lipinski definition) is 1. The second kappa shape index (κ2) is 8.46. The van der Waals surface area contributed by atoms with Crippen molar-refractivity contribution in [3.63, 3.8) is 0 Å². The van der Waals surface area contributed by atoms with E-state index >= 15 is 0 Å². The van der Waals surface area contributed by atoms with E-state index in [1.54, 1.807) is 13.2 Å². The molecular formula is C24H30N4O2S. The number of ether oxygens (including phenoxy) is 1. The number of thiocarbonyl (C=S) groups is 1. The normalized spacial score (nSPS) is 19.8. The molecule has 6 nitrogen and oxygen atoms in total. The quantitative estimate of drug-likeness (QED) is 0.557. The van der Waals surface area contributed by atoms with Crippen molar-refractivity contribution in [3.05, 3.63) is 53.9 Å². The minimum Gasteiger partial charge on any atom is -0.497 e. The zero-order valence-electron chi connectivity index (χ0n) is 18.5. The molecule has 0 spiro atoms. The fourth-order valence-electron chi connectivity index (χ4n) is 4.70. The van der Waals surface area contributed by atoms with Crippen molar-refractivity contribution in [2.75, 3.05) is 20.2 Å². The second-order valence-electron chi connectivity index (χ2n) is 9.08. The minimum absolute atomic E-state index is 0.00299. The highest BCUT2D eigenvalue weighted by Gasteiger charge is 2.41. The summed E-state index contributed by atoms with van der Waals surface area (Å²) in [5.74, 6) is 0.972. The summed E-state index contributed by atoms with van der Waals surface area (Å²) in [5.41, 5.74) is 3.48. The van der Waals surface area contributed by atoms with Crippen LogP contribution < -0.4 is 10.1 Å². The smallest absolute Gasteiger partial charge is 0.169 e. The number of nitrogens with one attached hydrogen (secondary N) is 1. The molecule has 0 unspecified atom stereocenters. The number of Topliss-reactive ketones (excluding diaryl/α,β-unsaturated/α-hetero) is 1. The number of benzene rings is 1. The fourth-order valence-corrected chi connectivity index (χ4v) is 5.00. The molecule has 0 radical (unpaired) electrons. The molecule has 31 heavy (non-hydrogen) atoms. The maximum absolute atomic E-state index is 13.3. The van der Waals surface area contributed by atoms with E-state index < -0.39 is 0 Å². The average Bonchev–Trinajstić information content (AvgIpc) is 3.36. The van der Waals surface area contributed by atoms with Crippen molar-refractivity contribution in [3.8, 4) is 11.4 Å². The first kappa shape index (κ1) is 21.6. The third-order valence-electron chi connectivity index (χ3n) is 6.12. The van der Waals surface area contributed by atoms with E-state index in [9.17, 15) is 4.79 Å². The number of likely N-dealkylation sites (tertiary alicyclic amines) is 1. The molecule has 1 aliphatic heterocycles. The molecule has 0 saturated carbocycles. The fraction of sp³-hybridized carbons (Fsp3) is 0.458. The van der Waals surface area contributed by atoms with Crippen LogP contribution in [0, 0.1) is 5.41 Å². The van der Waals surface area contributed by atoms with Gasteiger partial charge in [-0.25, -0.2) is 4.68 Å². The van der Waals surface area contributed by atoms with E-state index in [1.807, 2.05) is 28.9 Å². The van der Waals surface area contributed by atoms with Crippen LogP contribution in [0.15, 0.2) is 36.9 Å². The molecule has 1 aliphatic carbocycles. The number of ketones is 1. The van der Waals surface area contributed by atoms with Crippen LogP contribution in [-0.4, -0.2) is 45.8 Å². The SMILES string of the molecule is C=CCNC(=S)N1CCC[C@H]1c1nn(-c2ccc(OC)cc2)c2c1C(=O)CC(C)(C)C2. The number of carbonyl (C=O) groups excluding carboxylic acids is 1. The highest BCUT2D eigenvalue weighted by atomic mass is 32.1. The first-order valence-electron chi connectivity index (χ1n) is 10.8. The Morgan fingerprint density at radius 1 is 1.35 bits per heavy atom. The van der Waals surface area contributed by atoms with Crippen molar-refractivity contribution in [1.29, 1.82) is 0 Å². The summed E-state index contributed by atoms with van der Waals surface area (Å²) in [5, 5.41) is 8.96. The van der Waals surface area contributed by atoms with Crippen molar-refractivity contribution in [2.24, 2.45) is 5.41 Å². The van der Waals surface area contributed by atoms with Gasteiger partial charge in [-0.05, 0) is 61.2 Å². The third kappa shape index (κ3) is 4.11. The van der Waals surface area contributed by atoms with E-state index in [4.69, 9.17) is 22.1 Å². The number of hydrogen-bond acceptors (Lipinski definition) is 4. The molecule has 2 aromatic rings. The lowest BCUT2D eigenvalue weighted by Gasteiger charge is -2.30. The monoisotopic (exact) mass is 438 g/mol. The van der Waals surface area contributed by atoms with Crippen LogP contribution in [-0.2, 0) is 6.42 Å². The number of nitrogens with zero attached hydrogens (tertiary/aromatic N) is 3. The first-order valence-corrected chi connectivity index (χ1v) is 11.2. The molecule has 164 valence electrons. The summed E-state index contributed by atoms with van der Waals surface area (Å²) >= 11 is 5.64. The van der Waals surface area contributed by atoms with Crippen LogP contribution in [0.25, 0.3) is 5.69 Å². The summed E-state index contributed by atoms with van der Waals surface area (Å²) in [6.07, 6.45) is 5.08. The van der Waals surface area contributed by atoms with Crippen LogP contribution in [0.3, 0.4) is 0 Å². The van der Waals surface area contributed by atoms with Crippen LogP contribution in [0.2, 0.25) is 0 Å². The Kier molecular flexibility index (Phi) is 5.88. The Hall–Kier alpha value is -2.67. The van der Waals surface area contributed by atoms with E-state index in [0.29, 0.717) is 18.1 Å². The Morgan fingerprint density at radius 3 is 2.77 bits per heavy atom. The van der Waals surface area contributed by atoms with Gasteiger partial charge in [-0.1, -0.05) is 19.9 Å². The van der Waals surface area contributed by atoms with Gasteiger partial charge in [-0.15, -0.1) is 6.58 Å². The van der Waals surface area contributed by atoms with Gasteiger partial charge in [-0.2, -0.15) is 5.10 Å². The first-order chi connectivity index (χ1) is 14.8. The zero-order chi connectivity index (χ0) is 22.2. The lowest BCUT2D eigenvalue weighted by atomic mass is 9.75. The predicted molar refractivity (Wildman–Crippen MR) is 126 cm³/mol. The molecule has 0 bridgehead atoms. The molecule has 4 rings (SSSR count). The molecule has 1 aromatic heterocycles. The van der Waals surface area contributed by atoms with E-state index in [-0.39, 0.29) is 17.2 Å². The molecular weight excluding hydrogens is 408 g/mol. The summed E-state index contributed by atoms with van der Waals surface area (Å²) in [7, 11) is 1.65. The molecule has 2 heterocycles. The molecule has 1 N–H and O–H groups in total. The maximum atomic E-state index is 13.3. The minimum atomic E-state index is -0.0954. The van der Waals surface area contributed by atoms with Crippen molar-refractivity contribution < 1.29 is 9.53 Å². The van der Waals surface area contributed by atoms with Crippen molar-refractivity contribution in [2.45, 2.75) is 45.6 Å². The summed E-state index contributed by atoms with van der Waals surface area (Å²) < 4.78 is 7.27. The van der Waals surface area contributed by atoms with Gasteiger partial charge in [0.15, 0.2) is 10.9 Å². The highest BCUT2D eigenvalue weighted by molar-refractivity contribution is 7.80. The van der Waals surface area contributed by atoms with Gasteiger partial charge >= 0.3 is 0 Å². The van der Waals surface area contributed by atoms with Gasteiger partial charge < -0.3 is 15.0 Å². The summed E-state index contributed by atoms with van der Waals surface area (Å²) in [6.45, 7) is 9.53. The predicted octanol–water partition coefficient (Wildman–Crippen LogP) is 4.23. The van der Waals surface area contributed by atoms with Crippen molar-refractivity contribution in [1.82, 2.24) is 20.0 Å². The summed E-state index contributed by atoms with van der Waals surface area (Å²) in [6, 6.07) is 7.84. The van der Waals surface area contributed by atoms with Crippen LogP contribution in [0.4, 0.5) is 0 Å². The molecule has 1 fully saturated rings. The van der Waals surface area contributed by atoms with Crippen molar-refractivity contribution >= 4 is 23.1 Å². The molecule has 1 aromatic carbocycles. The number of carbonyl (C=O) groups is 1. The lowest BCUT2D eigenvalue weighted by Crippen LogP contribution is -2.40. The van der Waals surface area contributed by atoms with Gasteiger partial charge in [0.25, 0.3) is 0 Å². The number of rotatable bonds is 5. The Labute approximate surface area is 189 Å². The van der Waals surface area contributed by atoms with Gasteiger partial charge in [0.05, 0.1) is 35.8 Å². The van der Waals surface area contributed by atoms with Crippen LogP contribution >= 0.6 is 12.2 Å². The molecule has 1 atom stereocenters. The van der Waals surface area contributed by atoms with E-state index in [2.05, 4.69) is 30.6 Å². The third-order valence-corrected chi connectivity index (χ3v) is 6.49. The van der Waals surface area contributed by atoms with Crippen LogP contribution in [0.1, 0.15) is 60.9 Å². The lowest BCUT2D eigenvalue weighted by molar-refractivity contribution is 0.0908. The topological polar surface area (TPSA) is 59.4 Å². The summed E-state index contributed by atoms with van der Waals surface area (Å²) in [4.78, 5) is 15.5. The standard InChI is InChI=1S/C24H30N4O2S/c1-5-12-25-23(31)27-13-6-7-18(27)22-21-19(14-24(2,3)15-20(21)29)28(26-22)16-8-10-17(30-4)11-9-16/h5,8-11,18H,1,6-7,12-15H2,2-4H3,(H,25,31)/t18-/m0/s1. The van der Waals surface area contributed by atoms with E-state index in [1.165, 1.54) is 0 Å². The Bertz CT molecular complexity index is 1010. The van der Waals surface area contributed by atoms with Gasteiger partial charge in [-0.3, -0.25) is 4.79 Å². The highest BCUT2D eigenvalue weighted by Crippen LogP contribution is 2.42. The molecule has 1 saturated heterocycles.